The summed E-state index contributed by atoms with van der Waals surface area (Å²) in [5.41, 5.74) is 9.10. The average Bonchev–Trinajstić information content (AvgIpc) is 2.58. The summed E-state index contributed by atoms with van der Waals surface area (Å²) in [6, 6.07) is 0. The van der Waals surface area contributed by atoms with Gasteiger partial charge in [-0.15, -0.1) is 0 Å². The maximum absolute atomic E-state index is 5.75. The Kier molecular flexibility index (Phi) is 3.15. The third-order valence-electron chi connectivity index (χ3n) is 2.79. The highest BCUT2D eigenvalue weighted by atomic mass is 79.9. The SMILES string of the molecule is CCc1c(C)nn(-c2ncnc(N)c2Br)c1C. The molecule has 90 valence electrons. The summed E-state index contributed by atoms with van der Waals surface area (Å²) in [4.78, 5) is 8.14. The second-order valence-electron chi connectivity index (χ2n) is 3.81. The summed E-state index contributed by atoms with van der Waals surface area (Å²) < 4.78 is 2.48. The highest BCUT2D eigenvalue weighted by molar-refractivity contribution is 9.10. The molecular weight excluding hydrogens is 282 g/mol. The number of aryl methyl sites for hydroxylation is 1. The van der Waals surface area contributed by atoms with Crippen LogP contribution in [0.5, 0.6) is 0 Å². The minimum Gasteiger partial charge on any atom is -0.383 e. The molecule has 0 unspecified atom stereocenters. The van der Waals surface area contributed by atoms with Gasteiger partial charge >= 0.3 is 0 Å². The molecule has 0 aliphatic carbocycles. The number of aromatic nitrogens is 4. The maximum Gasteiger partial charge on any atom is 0.173 e. The predicted octanol–water partition coefficient (Wildman–Crippen LogP) is 2.19. The predicted molar refractivity (Wildman–Crippen MR) is 70.1 cm³/mol. The molecule has 2 aromatic rings. The first-order valence-corrected chi connectivity index (χ1v) is 6.17. The van der Waals surface area contributed by atoms with Gasteiger partial charge in [-0.2, -0.15) is 5.10 Å². The summed E-state index contributed by atoms with van der Waals surface area (Å²) in [5, 5.41) is 4.49. The van der Waals surface area contributed by atoms with E-state index in [9.17, 15) is 0 Å². The Morgan fingerprint density at radius 2 is 2.06 bits per heavy atom. The molecule has 2 N–H and O–H groups in total. The molecule has 0 aromatic carbocycles. The Morgan fingerprint density at radius 1 is 1.35 bits per heavy atom. The molecule has 0 bridgehead atoms. The van der Waals surface area contributed by atoms with Crippen molar-refractivity contribution in [2.75, 3.05) is 5.73 Å². The molecule has 0 fully saturated rings. The maximum atomic E-state index is 5.75. The van der Waals surface area contributed by atoms with E-state index in [1.165, 1.54) is 11.9 Å². The number of nitrogens with two attached hydrogens (primary N) is 1. The van der Waals surface area contributed by atoms with E-state index in [2.05, 4.69) is 37.9 Å². The molecule has 0 aliphatic rings. The summed E-state index contributed by atoms with van der Waals surface area (Å²) in [5.74, 6) is 1.10. The van der Waals surface area contributed by atoms with Gasteiger partial charge in [0.1, 0.15) is 16.6 Å². The zero-order valence-electron chi connectivity index (χ0n) is 10.0. The molecular formula is C11H14BrN5. The molecule has 5 nitrogen and oxygen atoms in total. The molecule has 2 aromatic heterocycles. The van der Waals surface area contributed by atoms with Gasteiger partial charge < -0.3 is 5.73 Å². The van der Waals surface area contributed by atoms with Crippen LogP contribution < -0.4 is 5.73 Å². The third kappa shape index (κ3) is 1.93. The summed E-state index contributed by atoms with van der Waals surface area (Å²) in [7, 11) is 0. The Morgan fingerprint density at radius 3 is 2.65 bits per heavy atom. The van der Waals surface area contributed by atoms with Gasteiger partial charge in [0.2, 0.25) is 0 Å². The normalized spacial score (nSPS) is 10.8. The topological polar surface area (TPSA) is 69.6 Å². The molecule has 0 radical (unpaired) electrons. The molecule has 2 heterocycles. The van der Waals surface area contributed by atoms with Crippen LogP contribution in [0.4, 0.5) is 5.82 Å². The van der Waals surface area contributed by atoms with Crippen LogP contribution in [0.15, 0.2) is 10.8 Å². The Labute approximate surface area is 108 Å². The van der Waals surface area contributed by atoms with E-state index in [4.69, 9.17) is 5.73 Å². The van der Waals surface area contributed by atoms with E-state index in [0.29, 0.717) is 16.1 Å². The van der Waals surface area contributed by atoms with Crippen molar-refractivity contribution in [1.82, 2.24) is 19.7 Å². The van der Waals surface area contributed by atoms with Crippen LogP contribution in [0.25, 0.3) is 5.82 Å². The van der Waals surface area contributed by atoms with Gasteiger partial charge in [0, 0.05) is 5.69 Å². The summed E-state index contributed by atoms with van der Waals surface area (Å²) in [6.07, 6.45) is 2.40. The molecule has 6 heteroatoms. The van der Waals surface area contributed by atoms with Gasteiger partial charge in [-0.1, -0.05) is 6.92 Å². The molecule has 0 atom stereocenters. The smallest absolute Gasteiger partial charge is 0.173 e. The number of nitrogen functional groups attached to an aromatic ring is 1. The van der Waals surface area contributed by atoms with Crippen molar-refractivity contribution in [3.05, 3.63) is 27.8 Å². The summed E-state index contributed by atoms with van der Waals surface area (Å²) >= 11 is 3.40. The Hall–Kier alpha value is -1.43. The van der Waals surface area contributed by atoms with Crippen LogP contribution in [-0.2, 0) is 6.42 Å². The molecule has 0 spiro atoms. The standard InChI is InChI=1S/C11H14BrN5/c1-4-8-6(2)16-17(7(8)3)11-9(12)10(13)14-5-15-11/h5H,4H2,1-3H3,(H2,13,14,15). The molecule has 0 amide bonds. The highest BCUT2D eigenvalue weighted by Crippen LogP contribution is 2.25. The van der Waals surface area contributed by atoms with Crippen molar-refractivity contribution in [2.45, 2.75) is 27.2 Å². The number of hydrogen-bond donors (Lipinski definition) is 1. The molecule has 0 aliphatic heterocycles. The minimum absolute atomic E-state index is 0.417. The van der Waals surface area contributed by atoms with Gasteiger partial charge in [0.25, 0.3) is 0 Å². The van der Waals surface area contributed by atoms with Gasteiger partial charge in [-0.3, -0.25) is 0 Å². The fraction of sp³-hybridized carbons (Fsp3) is 0.364. The Bertz CT molecular complexity index is 561. The molecule has 0 saturated carbocycles. The van der Waals surface area contributed by atoms with E-state index >= 15 is 0 Å². The lowest BCUT2D eigenvalue weighted by Crippen LogP contribution is -2.06. The average molecular weight is 296 g/mol. The lowest BCUT2D eigenvalue weighted by atomic mass is 10.1. The number of anilines is 1. The lowest BCUT2D eigenvalue weighted by Gasteiger charge is -2.07. The van der Waals surface area contributed by atoms with Crippen molar-refractivity contribution in [2.24, 2.45) is 0 Å². The number of hydrogen-bond acceptors (Lipinski definition) is 4. The van der Waals surface area contributed by atoms with Crippen molar-refractivity contribution in [3.63, 3.8) is 0 Å². The van der Waals surface area contributed by atoms with Crippen LogP contribution >= 0.6 is 15.9 Å². The van der Waals surface area contributed by atoms with Gasteiger partial charge in [-0.05, 0) is 41.8 Å². The van der Waals surface area contributed by atoms with Crippen LogP contribution in [0.2, 0.25) is 0 Å². The van der Waals surface area contributed by atoms with Crippen molar-refractivity contribution in [1.29, 1.82) is 0 Å². The first kappa shape index (κ1) is 12.0. The number of halogens is 1. The van der Waals surface area contributed by atoms with Gasteiger partial charge in [0.05, 0.1) is 5.69 Å². The molecule has 0 saturated heterocycles. The third-order valence-corrected chi connectivity index (χ3v) is 3.55. The van der Waals surface area contributed by atoms with Crippen LogP contribution in [0.3, 0.4) is 0 Å². The van der Waals surface area contributed by atoms with E-state index < -0.39 is 0 Å². The van der Waals surface area contributed by atoms with Crippen molar-refractivity contribution in [3.8, 4) is 5.82 Å². The fourth-order valence-corrected chi connectivity index (χ4v) is 2.29. The zero-order valence-corrected chi connectivity index (χ0v) is 11.6. The zero-order chi connectivity index (χ0) is 12.6. The van der Waals surface area contributed by atoms with Crippen molar-refractivity contribution >= 4 is 21.7 Å². The number of nitrogens with zero attached hydrogens (tertiary/aromatic N) is 4. The van der Waals surface area contributed by atoms with Crippen LogP contribution in [0, 0.1) is 13.8 Å². The van der Waals surface area contributed by atoms with E-state index in [0.717, 1.165) is 17.8 Å². The van der Waals surface area contributed by atoms with Crippen LogP contribution in [-0.4, -0.2) is 19.7 Å². The highest BCUT2D eigenvalue weighted by Gasteiger charge is 2.15. The fourth-order valence-electron chi connectivity index (χ4n) is 1.91. The Balaban J connectivity index is 2.65. The van der Waals surface area contributed by atoms with Crippen LogP contribution in [0.1, 0.15) is 23.9 Å². The molecule has 17 heavy (non-hydrogen) atoms. The molecule has 2 rings (SSSR count). The van der Waals surface area contributed by atoms with Gasteiger partial charge in [0.15, 0.2) is 5.82 Å². The number of rotatable bonds is 2. The first-order valence-electron chi connectivity index (χ1n) is 5.37. The second kappa shape index (κ2) is 4.44. The van der Waals surface area contributed by atoms with Gasteiger partial charge in [-0.25, -0.2) is 14.6 Å². The monoisotopic (exact) mass is 295 g/mol. The first-order chi connectivity index (χ1) is 8.06. The summed E-state index contributed by atoms with van der Waals surface area (Å²) in [6.45, 7) is 6.15. The van der Waals surface area contributed by atoms with E-state index in [1.807, 2.05) is 13.8 Å². The lowest BCUT2D eigenvalue weighted by molar-refractivity contribution is 0.796. The minimum atomic E-state index is 0.417. The second-order valence-corrected chi connectivity index (χ2v) is 4.60. The largest absolute Gasteiger partial charge is 0.383 e. The quantitative estimate of drug-likeness (QED) is 0.922. The van der Waals surface area contributed by atoms with E-state index in [-0.39, 0.29) is 0 Å². The van der Waals surface area contributed by atoms with Crippen molar-refractivity contribution < 1.29 is 0 Å². The van der Waals surface area contributed by atoms with E-state index in [1.54, 1.807) is 4.68 Å².